The second-order valence-corrected chi connectivity index (χ2v) is 5.39. The Balaban J connectivity index is 1.91. The minimum absolute atomic E-state index is 0.156. The van der Waals surface area contributed by atoms with Crippen LogP contribution in [0.4, 0.5) is 5.69 Å². The van der Waals surface area contributed by atoms with Gasteiger partial charge in [0.05, 0.1) is 11.3 Å². The van der Waals surface area contributed by atoms with Gasteiger partial charge >= 0.3 is 5.97 Å². The summed E-state index contributed by atoms with van der Waals surface area (Å²) in [6.07, 6.45) is 1.68. The van der Waals surface area contributed by atoms with E-state index in [0.29, 0.717) is 27.7 Å². The van der Waals surface area contributed by atoms with E-state index in [9.17, 15) is 9.59 Å². The predicted molar refractivity (Wildman–Crippen MR) is 86.3 cm³/mol. The number of hydrogen-bond donors (Lipinski definition) is 2. The molecule has 0 aliphatic rings. The highest BCUT2D eigenvalue weighted by Gasteiger charge is 2.17. The highest BCUT2D eigenvalue weighted by atomic mass is 35.5. The molecular formula is C16H12ClN3O3. The van der Waals surface area contributed by atoms with Gasteiger partial charge in [-0.1, -0.05) is 11.6 Å². The van der Waals surface area contributed by atoms with Crippen LogP contribution < -0.4 is 5.32 Å². The van der Waals surface area contributed by atoms with Gasteiger partial charge in [-0.3, -0.25) is 9.20 Å². The number of halogens is 1. The molecule has 0 spiro atoms. The van der Waals surface area contributed by atoms with Crippen molar-refractivity contribution in [2.75, 3.05) is 5.32 Å². The van der Waals surface area contributed by atoms with Crippen molar-refractivity contribution in [1.29, 1.82) is 0 Å². The number of hydrogen-bond acceptors (Lipinski definition) is 3. The summed E-state index contributed by atoms with van der Waals surface area (Å²) in [5.41, 5.74) is 2.22. The molecule has 0 saturated heterocycles. The molecule has 0 radical (unpaired) electrons. The quantitative estimate of drug-likeness (QED) is 0.772. The number of rotatable bonds is 3. The van der Waals surface area contributed by atoms with Gasteiger partial charge in [0, 0.05) is 23.0 Å². The third-order valence-corrected chi connectivity index (χ3v) is 3.60. The summed E-state index contributed by atoms with van der Waals surface area (Å²) in [6.45, 7) is 1.74. The van der Waals surface area contributed by atoms with Gasteiger partial charge in [0.25, 0.3) is 5.91 Å². The fraction of sp³-hybridized carbons (Fsp3) is 0.0625. The summed E-state index contributed by atoms with van der Waals surface area (Å²) < 4.78 is 1.65. The zero-order valence-corrected chi connectivity index (χ0v) is 12.8. The number of anilines is 1. The Morgan fingerprint density at radius 3 is 2.57 bits per heavy atom. The first-order valence-corrected chi connectivity index (χ1v) is 7.12. The first-order chi connectivity index (χ1) is 11.0. The summed E-state index contributed by atoms with van der Waals surface area (Å²) in [7, 11) is 0. The lowest BCUT2D eigenvalue weighted by Crippen LogP contribution is -2.15. The average Bonchev–Trinajstić information content (AvgIpc) is 2.82. The summed E-state index contributed by atoms with van der Waals surface area (Å²) in [5, 5.41) is 12.1. The topological polar surface area (TPSA) is 83.7 Å². The lowest BCUT2D eigenvalue weighted by atomic mass is 10.2. The van der Waals surface area contributed by atoms with E-state index in [0.717, 1.165) is 0 Å². The number of carboxylic acid groups (broad SMARTS) is 1. The maximum atomic E-state index is 12.5. The number of aryl methyl sites for hydroxylation is 1. The number of benzene rings is 1. The number of aromatic nitrogens is 2. The minimum atomic E-state index is -1.02. The summed E-state index contributed by atoms with van der Waals surface area (Å²) in [5.74, 6) is -1.35. The van der Waals surface area contributed by atoms with Crippen LogP contribution in [0.2, 0.25) is 5.02 Å². The first-order valence-electron chi connectivity index (χ1n) is 6.74. The molecule has 116 valence electrons. The monoisotopic (exact) mass is 329 g/mol. The highest BCUT2D eigenvalue weighted by Crippen LogP contribution is 2.18. The molecule has 0 atom stereocenters. The number of fused-ring (bicyclic) bond motifs is 1. The van der Waals surface area contributed by atoms with Gasteiger partial charge in [0.1, 0.15) is 11.3 Å². The SMILES string of the molecule is Cc1nc2cc(Cl)ccn2c1C(=O)Nc1ccc(C(=O)O)cc1. The molecule has 0 unspecified atom stereocenters. The fourth-order valence-electron chi connectivity index (χ4n) is 2.30. The maximum absolute atomic E-state index is 12.5. The summed E-state index contributed by atoms with van der Waals surface area (Å²) in [6, 6.07) is 9.28. The summed E-state index contributed by atoms with van der Waals surface area (Å²) >= 11 is 5.93. The smallest absolute Gasteiger partial charge is 0.335 e. The molecule has 2 N–H and O–H groups in total. The van der Waals surface area contributed by atoms with Gasteiger partial charge in [-0.05, 0) is 37.3 Å². The molecular weight excluding hydrogens is 318 g/mol. The molecule has 23 heavy (non-hydrogen) atoms. The lowest BCUT2D eigenvalue weighted by molar-refractivity contribution is 0.0696. The second kappa shape index (κ2) is 5.73. The number of carbonyl (C=O) groups is 2. The van der Waals surface area contributed by atoms with Crippen LogP contribution in [-0.4, -0.2) is 26.4 Å². The van der Waals surface area contributed by atoms with Gasteiger partial charge in [0.2, 0.25) is 0 Å². The Morgan fingerprint density at radius 2 is 1.91 bits per heavy atom. The van der Waals surface area contributed by atoms with E-state index in [2.05, 4.69) is 10.3 Å². The molecule has 7 heteroatoms. The Bertz CT molecular complexity index is 916. The Kier molecular flexibility index (Phi) is 3.75. The third kappa shape index (κ3) is 2.89. The number of nitrogens with zero attached hydrogens (tertiary/aromatic N) is 2. The molecule has 0 aliphatic carbocycles. The number of pyridine rings is 1. The van der Waals surface area contributed by atoms with Crippen molar-refractivity contribution in [2.24, 2.45) is 0 Å². The number of carbonyl (C=O) groups excluding carboxylic acids is 1. The van der Waals surface area contributed by atoms with E-state index in [1.165, 1.54) is 24.3 Å². The molecule has 1 aromatic carbocycles. The molecule has 0 bridgehead atoms. The molecule has 3 rings (SSSR count). The molecule has 6 nitrogen and oxygen atoms in total. The molecule has 0 aliphatic heterocycles. The van der Waals surface area contributed by atoms with Crippen LogP contribution in [-0.2, 0) is 0 Å². The van der Waals surface area contributed by atoms with Crippen molar-refractivity contribution >= 4 is 34.8 Å². The summed E-state index contributed by atoms with van der Waals surface area (Å²) in [4.78, 5) is 27.6. The van der Waals surface area contributed by atoms with Crippen LogP contribution in [0.1, 0.15) is 26.5 Å². The van der Waals surface area contributed by atoms with E-state index in [1.807, 2.05) is 0 Å². The van der Waals surface area contributed by atoms with Crippen molar-refractivity contribution in [3.8, 4) is 0 Å². The van der Waals surface area contributed by atoms with Gasteiger partial charge < -0.3 is 10.4 Å². The zero-order chi connectivity index (χ0) is 16.6. The van der Waals surface area contributed by atoms with Crippen LogP contribution in [0.3, 0.4) is 0 Å². The molecule has 1 amide bonds. The molecule has 2 aromatic heterocycles. The van der Waals surface area contributed by atoms with Crippen molar-refractivity contribution < 1.29 is 14.7 Å². The average molecular weight is 330 g/mol. The van der Waals surface area contributed by atoms with Gasteiger partial charge in [-0.15, -0.1) is 0 Å². The lowest BCUT2D eigenvalue weighted by Gasteiger charge is -2.06. The van der Waals surface area contributed by atoms with E-state index < -0.39 is 5.97 Å². The van der Waals surface area contributed by atoms with Crippen LogP contribution >= 0.6 is 11.6 Å². The second-order valence-electron chi connectivity index (χ2n) is 4.96. The Morgan fingerprint density at radius 1 is 1.22 bits per heavy atom. The highest BCUT2D eigenvalue weighted by molar-refractivity contribution is 6.30. The Labute approximate surface area is 136 Å². The molecule has 0 fully saturated rings. The predicted octanol–water partition coefficient (Wildman–Crippen LogP) is 3.25. The number of carboxylic acids is 1. The third-order valence-electron chi connectivity index (χ3n) is 3.37. The van der Waals surface area contributed by atoms with Gasteiger partial charge in [0.15, 0.2) is 0 Å². The van der Waals surface area contributed by atoms with Crippen LogP contribution in [0.25, 0.3) is 5.65 Å². The number of nitrogens with one attached hydrogen (secondary N) is 1. The molecule has 0 saturated carbocycles. The van der Waals surface area contributed by atoms with E-state index in [1.54, 1.807) is 29.7 Å². The van der Waals surface area contributed by atoms with Crippen molar-refractivity contribution in [1.82, 2.24) is 9.38 Å². The normalized spacial score (nSPS) is 10.7. The number of imidazole rings is 1. The van der Waals surface area contributed by atoms with Crippen molar-refractivity contribution in [3.05, 3.63) is 64.6 Å². The largest absolute Gasteiger partial charge is 0.478 e. The Hall–Kier alpha value is -2.86. The van der Waals surface area contributed by atoms with E-state index >= 15 is 0 Å². The van der Waals surface area contributed by atoms with Crippen LogP contribution in [0, 0.1) is 6.92 Å². The number of amides is 1. The van der Waals surface area contributed by atoms with Crippen molar-refractivity contribution in [3.63, 3.8) is 0 Å². The minimum Gasteiger partial charge on any atom is -0.478 e. The zero-order valence-electron chi connectivity index (χ0n) is 12.1. The number of aromatic carboxylic acids is 1. The first kappa shape index (κ1) is 15.1. The van der Waals surface area contributed by atoms with E-state index in [4.69, 9.17) is 16.7 Å². The molecule has 2 heterocycles. The van der Waals surface area contributed by atoms with Gasteiger partial charge in [-0.2, -0.15) is 0 Å². The fourth-order valence-corrected chi connectivity index (χ4v) is 2.45. The molecule has 3 aromatic rings. The van der Waals surface area contributed by atoms with Crippen LogP contribution in [0.15, 0.2) is 42.6 Å². The van der Waals surface area contributed by atoms with Crippen molar-refractivity contribution in [2.45, 2.75) is 6.92 Å². The van der Waals surface area contributed by atoms with Gasteiger partial charge in [-0.25, -0.2) is 9.78 Å². The van der Waals surface area contributed by atoms with E-state index in [-0.39, 0.29) is 11.5 Å². The standard InChI is InChI=1S/C16H12ClN3O3/c1-9-14(20-7-6-11(17)8-13(20)18-9)15(21)19-12-4-2-10(3-5-12)16(22)23/h2-8H,1H3,(H,19,21)(H,22,23). The van der Waals surface area contributed by atoms with Crippen LogP contribution in [0.5, 0.6) is 0 Å². The maximum Gasteiger partial charge on any atom is 0.335 e.